The molecule has 3 unspecified atom stereocenters. The molecule has 98 valence electrons. The van der Waals surface area contributed by atoms with Gasteiger partial charge < -0.3 is 15.5 Å². The molecule has 0 saturated heterocycles. The van der Waals surface area contributed by atoms with Gasteiger partial charge in [-0.15, -0.1) is 0 Å². The highest BCUT2D eigenvalue weighted by Gasteiger charge is 2.42. The largest absolute Gasteiger partial charge is 0.480 e. The molecule has 0 amide bonds. The molecule has 1 aliphatic heterocycles. The van der Waals surface area contributed by atoms with Gasteiger partial charge in [-0.3, -0.25) is 0 Å². The summed E-state index contributed by atoms with van der Waals surface area (Å²) in [5.41, 5.74) is 1.56. The highest BCUT2D eigenvalue weighted by molar-refractivity contribution is 5.93. The average molecular weight is 259 g/mol. The van der Waals surface area contributed by atoms with E-state index in [1.165, 1.54) is 0 Å². The number of carboxylic acids is 2. The van der Waals surface area contributed by atoms with Crippen LogP contribution in [0.2, 0.25) is 0 Å². The van der Waals surface area contributed by atoms with Crippen LogP contribution in [0.1, 0.15) is 28.3 Å². The number of benzene rings is 1. The van der Waals surface area contributed by atoms with Gasteiger partial charge in [0.2, 0.25) is 0 Å². The monoisotopic (exact) mass is 259 g/mol. The number of nitrogens with one attached hydrogen (secondary N) is 1. The number of aliphatic carboxylic acids is 1. The minimum Gasteiger partial charge on any atom is -0.480 e. The summed E-state index contributed by atoms with van der Waals surface area (Å²) in [6, 6.07) is 4.26. The molecular formula is C14H13NO4. The molecule has 2 aliphatic rings. The second-order valence-electron chi connectivity index (χ2n) is 4.89. The predicted octanol–water partition coefficient (Wildman–Crippen LogP) is 1.92. The number of carboxylic acid groups (broad SMARTS) is 2. The normalized spacial score (nSPS) is 27.3. The molecule has 0 spiro atoms. The molecule has 3 rings (SSSR count). The Kier molecular flexibility index (Phi) is 2.55. The van der Waals surface area contributed by atoms with Crippen LogP contribution in [0, 0.1) is 5.92 Å². The second-order valence-corrected chi connectivity index (χ2v) is 4.89. The Bertz CT molecular complexity index is 593. The molecule has 1 aromatic rings. The molecule has 0 radical (unpaired) electrons. The standard InChI is InChI=1S/C14H13NO4/c16-13(17)9-5-2-6-10-11(9)7-3-1-4-8(7)12(15-10)14(18)19/h1-3,5-8,12,15H,4H2,(H,16,17)(H,18,19). The summed E-state index contributed by atoms with van der Waals surface area (Å²) < 4.78 is 0. The second kappa shape index (κ2) is 4.12. The Morgan fingerprint density at radius 2 is 2.05 bits per heavy atom. The van der Waals surface area contributed by atoms with Gasteiger partial charge in [0.15, 0.2) is 0 Å². The van der Waals surface area contributed by atoms with Gasteiger partial charge in [0, 0.05) is 17.5 Å². The number of aromatic carboxylic acids is 1. The van der Waals surface area contributed by atoms with Gasteiger partial charge in [-0.25, -0.2) is 9.59 Å². The highest BCUT2D eigenvalue weighted by Crippen LogP contribution is 2.45. The molecule has 5 heteroatoms. The summed E-state index contributed by atoms with van der Waals surface area (Å²) >= 11 is 0. The molecular weight excluding hydrogens is 246 g/mol. The SMILES string of the molecule is O=C(O)c1cccc2c1C1C=CCC1C(C(=O)O)N2. The van der Waals surface area contributed by atoms with Gasteiger partial charge in [0.05, 0.1) is 5.56 Å². The molecule has 3 atom stereocenters. The summed E-state index contributed by atoms with van der Waals surface area (Å²) in [5.74, 6) is -2.13. The number of allylic oxidation sites excluding steroid dienone is 2. The van der Waals surface area contributed by atoms with E-state index in [2.05, 4.69) is 5.32 Å². The Hall–Kier alpha value is -2.30. The zero-order chi connectivity index (χ0) is 13.6. The molecule has 5 nitrogen and oxygen atoms in total. The van der Waals surface area contributed by atoms with Crippen LogP contribution < -0.4 is 5.32 Å². The Labute approximate surface area is 109 Å². The van der Waals surface area contributed by atoms with E-state index in [0.717, 1.165) is 0 Å². The van der Waals surface area contributed by atoms with Gasteiger partial charge in [-0.1, -0.05) is 18.2 Å². The molecule has 1 aromatic carbocycles. The lowest BCUT2D eigenvalue weighted by molar-refractivity contribution is -0.139. The third-order valence-electron chi connectivity index (χ3n) is 3.89. The van der Waals surface area contributed by atoms with Crippen molar-refractivity contribution in [2.24, 2.45) is 5.92 Å². The number of hydrogen-bond acceptors (Lipinski definition) is 3. The quantitative estimate of drug-likeness (QED) is 0.706. The number of anilines is 1. The van der Waals surface area contributed by atoms with Crippen molar-refractivity contribution >= 4 is 17.6 Å². The lowest BCUT2D eigenvalue weighted by Gasteiger charge is -2.35. The maximum atomic E-state index is 11.3. The van der Waals surface area contributed by atoms with E-state index >= 15 is 0 Å². The van der Waals surface area contributed by atoms with Crippen molar-refractivity contribution in [2.45, 2.75) is 18.4 Å². The average Bonchev–Trinajstić information content (AvgIpc) is 2.85. The van der Waals surface area contributed by atoms with Crippen LogP contribution in [0.15, 0.2) is 30.4 Å². The van der Waals surface area contributed by atoms with Crippen molar-refractivity contribution < 1.29 is 19.8 Å². The van der Waals surface area contributed by atoms with Gasteiger partial charge in [-0.05, 0) is 24.1 Å². The van der Waals surface area contributed by atoms with Gasteiger partial charge in [0.25, 0.3) is 0 Å². The summed E-state index contributed by atoms with van der Waals surface area (Å²) in [5, 5.41) is 21.5. The first-order valence-electron chi connectivity index (χ1n) is 6.12. The Balaban J connectivity index is 2.16. The highest BCUT2D eigenvalue weighted by atomic mass is 16.4. The summed E-state index contributed by atoms with van der Waals surface area (Å²) in [6.07, 6.45) is 4.51. The van der Waals surface area contributed by atoms with E-state index in [0.29, 0.717) is 17.7 Å². The van der Waals surface area contributed by atoms with E-state index in [9.17, 15) is 19.8 Å². The number of hydrogen-bond donors (Lipinski definition) is 3. The Morgan fingerprint density at radius 1 is 1.26 bits per heavy atom. The predicted molar refractivity (Wildman–Crippen MR) is 68.4 cm³/mol. The fraction of sp³-hybridized carbons (Fsp3) is 0.286. The van der Waals surface area contributed by atoms with Crippen LogP contribution >= 0.6 is 0 Å². The van der Waals surface area contributed by atoms with Crippen LogP contribution in [0.25, 0.3) is 0 Å². The maximum absolute atomic E-state index is 11.3. The maximum Gasteiger partial charge on any atom is 0.336 e. The molecule has 19 heavy (non-hydrogen) atoms. The number of carbonyl (C=O) groups is 2. The molecule has 3 N–H and O–H groups in total. The third kappa shape index (κ3) is 1.69. The number of fused-ring (bicyclic) bond motifs is 3. The summed E-state index contributed by atoms with van der Waals surface area (Å²) in [7, 11) is 0. The van der Waals surface area contributed by atoms with E-state index in [4.69, 9.17) is 0 Å². The van der Waals surface area contributed by atoms with Gasteiger partial charge in [-0.2, -0.15) is 0 Å². The zero-order valence-electron chi connectivity index (χ0n) is 10.0. The lowest BCUT2D eigenvalue weighted by atomic mass is 9.77. The fourth-order valence-electron chi connectivity index (χ4n) is 3.08. The molecule has 0 bridgehead atoms. The first kappa shape index (κ1) is 11.8. The van der Waals surface area contributed by atoms with Crippen molar-refractivity contribution in [3.8, 4) is 0 Å². The van der Waals surface area contributed by atoms with Gasteiger partial charge in [0.1, 0.15) is 6.04 Å². The van der Waals surface area contributed by atoms with E-state index in [-0.39, 0.29) is 17.4 Å². The van der Waals surface area contributed by atoms with Crippen molar-refractivity contribution in [2.75, 3.05) is 5.32 Å². The molecule has 0 saturated carbocycles. The summed E-state index contributed by atoms with van der Waals surface area (Å²) in [4.78, 5) is 22.6. The first-order chi connectivity index (χ1) is 9.09. The van der Waals surface area contributed by atoms with Crippen LogP contribution in [0.3, 0.4) is 0 Å². The minimum absolute atomic E-state index is 0.120. The molecule has 1 aliphatic carbocycles. The van der Waals surface area contributed by atoms with Crippen molar-refractivity contribution in [1.82, 2.24) is 0 Å². The first-order valence-corrected chi connectivity index (χ1v) is 6.12. The number of rotatable bonds is 2. The van der Waals surface area contributed by atoms with E-state index in [1.54, 1.807) is 18.2 Å². The third-order valence-corrected chi connectivity index (χ3v) is 3.89. The minimum atomic E-state index is -0.980. The van der Waals surface area contributed by atoms with Gasteiger partial charge >= 0.3 is 11.9 Å². The van der Waals surface area contributed by atoms with Crippen LogP contribution in [0.4, 0.5) is 5.69 Å². The van der Waals surface area contributed by atoms with Crippen LogP contribution in [0.5, 0.6) is 0 Å². The van der Waals surface area contributed by atoms with E-state index < -0.39 is 18.0 Å². The van der Waals surface area contributed by atoms with E-state index in [1.807, 2.05) is 12.2 Å². The zero-order valence-corrected chi connectivity index (χ0v) is 10.0. The molecule has 0 aromatic heterocycles. The Morgan fingerprint density at radius 3 is 2.74 bits per heavy atom. The smallest absolute Gasteiger partial charge is 0.336 e. The van der Waals surface area contributed by atoms with Crippen molar-refractivity contribution in [1.29, 1.82) is 0 Å². The topological polar surface area (TPSA) is 86.6 Å². The summed E-state index contributed by atoms with van der Waals surface area (Å²) in [6.45, 7) is 0. The van der Waals surface area contributed by atoms with Crippen LogP contribution in [-0.4, -0.2) is 28.2 Å². The van der Waals surface area contributed by atoms with Crippen molar-refractivity contribution in [3.63, 3.8) is 0 Å². The lowest BCUT2D eigenvalue weighted by Crippen LogP contribution is -2.42. The molecule has 0 fully saturated rings. The fourth-order valence-corrected chi connectivity index (χ4v) is 3.08. The van der Waals surface area contributed by atoms with Crippen LogP contribution in [-0.2, 0) is 4.79 Å². The van der Waals surface area contributed by atoms with Crippen molar-refractivity contribution in [3.05, 3.63) is 41.5 Å². The molecule has 1 heterocycles.